The van der Waals surface area contributed by atoms with Crippen molar-refractivity contribution >= 4 is 34.5 Å². The molecule has 0 aliphatic heterocycles. The third-order valence-corrected chi connectivity index (χ3v) is 3.90. The van der Waals surface area contributed by atoms with Crippen molar-refractivity contribution in [1.82, 2.24) is 19.4 Å². The van der Waals surface area contributed by atoms with Gasteiger partial charge >= 0.3 is 5.97 Å². The van der Waals surface area contributed by atoms with Gasteiger partial charge in [-0.1, -0.05) is 12.1 Å². The molecule has 3 N–H and O–H groups in total. The third kappa shape index (κ3) is 2.49. The number of hydrogen-bond acceptors (Lipinski definition) is 4. The Morgan fingerprint density at radius 2 is 1.96 bits per heavy atom. The number of anilines is 1. The monoisotopic (exact) mass is 335 g/mol. The van der Waals surface area contributed by atoms with Crippen LogP contribution in [0.25, 0.3) is 16.7 Å². The maximum Gasteiger partial charge on any atom is 0.337 e. The lowest BCUT2D eigenvalue weighted by atomic mass is 10.2. The van der Waals surface area contributed by atoms with Crippen LogP contribution in [0.15, 0.2) is 42.6 Å². The molecule has 0 fully saturated rings. The Labute approximate surface area is 141 Å². The van der Waals surface area contributed by atoms with Crippen LogP contribution in [0.4, 0.5) is 5.95 Å². The number of benzene rings is 1. The third-order valence-electron chi connectivity index (χ3n) is 3.90. The average molecular weight is 335 g/mol. The zero-order valence-corrected chi connectivity index (χ0v) is 13.1. The average Bonchev–Trinajstić information content (AvgIpc) is 3.18. The van der Waals surface area contributed by atoms with Crippen molar-refractivity contribution in [3.05, 3.63) is 59.5 Å². The predicted molar refractivity (Wildman–Crippen MR) is 90.9 cm³/mol. The van der Waals surface area contributed by atoms with E-state index < -0.39 is 11.9 Å². The normalized spacial score (nSPS) is 11.1. The largest absolute Gasteiger partial charge is 0.478 e. The summed E-state index contributed by atoms with van der Waals surface area (Å²) in [7, 11) is 0. The van der Waals surface area contributed by atoms with E-state index in [0.717, 1.165) is 5.69 Å². The van der Waals surface area contributed by atoms with Gasteiger partial charge in [0.05, 0.1) is 11.1 Å². The molecule has 0 bridgehead atoms. The first-order valence-corrected chi connectivity index (χ1v) is 7.51. The Hall–Kier alpha value is -3.68. The lowest BCUT2D eigenvalue weighted by molar-refractivity contribution is 0.0698. The van der Waals surface area contributed by atoms with Crippen molar-refractivity contribution in [2.45, 2.75) is 6.92 Å². The number of nitrogens with zero attached hydrogens (tertiary/aromatic N) is 3. The van der Waals surface area contributed by atoms with Gasteiger partial charge in [0.25, 0.3) is 5.91 Å². The summed E-state index contributed by atoms with van der Waals surface area (Å²) in [4.78, 5) is 35.0. The summed E-state index contributed by atoms with van der Waals surface area (Å²) in [5, 5.41) is 11.8. The van der Waals surface area contributed by atoms with Gasteiger partial charge in [0.2, 0.25) is 5.95 Å². The minimum absolute atomic E-state index is 0.0672. The fourth-order valence-electron chi connectivity index (χ4n) is 2.69. The number of aromatic carboxylic acids is 1. The van der Waals surface area contributed by atoms with E-state index in [1.54, 1.807) is 18.3 Å². The number of carbonyl (C=O) groups excluding carboxylic acids is 1. The highest BCUT2D eigenvalue weighted by Crippen LogP contribution is 2.19. The SMILES string of the molecule is Cc1cccc2nc(C(=O)Nc3nc4c(C(=O)O)cccc4[nH]3)cn12. The number of imidazole rings is 2. The Kier molecular flexibility index (Phi) is 3.24. The maximum absolute atomic E-state index is 12.4. The number of rotatable bonds is 3. The van der Waals surface area contributed by atoms with Crippen LogP contribution in [-0.2, 0) is 0 Å². The zero-order valence-electron chi connectivity index (χ0n) is 13.1. The smallest absolute Gasteiger partial charge is 0.337 e. The number of carbonyl (C=O) groups is 2. The number of carboxylic acid groups (broad SMARTS) is 1. The molecule has 0 saturated heterocycles. The van der Waals surface area contributed by atoms with E-state index in [0.29, 0.717) is 11.2 Å². The van der Waals surface area contributed by atoms with E-state index in [-0.39, 0.29) is 22.7 Å². The van der Waals surface area contributed by atoms with E-state index in [9.17, 15) is 14.7 Å². The summed E-state index contributed by atoms with van der Waals surface area (Å²) in [6.45, 7) is 1.92. The number of nitrogens with one attached hydrogen (secondary N) is 2. The van der Waals surface area contributed by atoms with Crippen molar-refractivity contribution in [1.29, 1.82) is 0 Å². The summed E-state index contributed by atoms with van der Waals surface area (Å²) in [5.41, 5.74) is 2.75. The number of H-pyrrole nitrogens is 1. The number of amides is 1. The highest BCUT2D eigenvalue weighted by molar-refractivity contribution is 6.05. The summed E-state index contributed by atoms with van der Waals surface area (Å²) in [5.74, 6) is -1.34. The molecular formula is C17H13N5O3. The van der Waals surface area contributed by atoms with Crippen LogP contribution in [-0.4, -0.2) is 36.3 Å². The number of hydrogen-bond donors (Lipinski definition) is 3. The molecule has 0 saturated carbocycles. The van der Waals surface area contributed by atoms with Crippen LogP contribution in [0.3, 0.4) is 0 Å². The summed E-state index contributed by atoms with van der Waals surface area (Å²) >= 11 is 0. The molecule has 0 radical (unpaired) electrons. The number of carboxylic acids is 1. The van der Waals surface area contributed by atoms with Crippen LogP contribution >= 0.6 is 0 Å². The van der Waals surface area contributed by atoms with Gasteiger partial charge in [0.1, 0.15) is 16.9 Å². The highest BCUT2D eigenvalue weighted by Gasteiger charge is 2.16. The minimum atomic E-state index is -1.08. The molecule has 4 rings (SSSR count). The van der Waals surface area contributed by atoms with E-state index in [1.165, 1.54) is 6.07 Å². The van der Waals surface area contributed by atoms with Crippen molar-refractivity contribution in [3.8, 4) is 0 Å². The lowest BCUT2D eigenvalue weighted by Crippen LogP contribution is -2.13. The molecule has 0 spiro atoms. The molecule has 25 heavy (non-hydrogen) atoms. The summed E-state index contributed by atoms with van der Waals surface area (Å²) in [6, 6.07) is 10.4. The van der Waals surface area contributed by atoms with Gasteiger partial charge in [-0.15, -0.1) is 0 Å². The molecule has 0 aliphatic rings. The number of pyridine rings is 1. The summed E-state index contributed by atoms with van der Waals surface area (Å²) in [6.07, 6.45) is 1.64. The van der Waals surface area contributed by atoms with Crippen molar-refractivity contribution < 1.29 is 14.7 Å². The van der Waals surface area contributed by atoms with E-state index in [2.05, 4.69) is 20.3 Å². The molecule has 1 aromatic carbocycles. The van der Waals surface area contributed by atoms with E-state index >= 15 is 0 Å². The fraction of sp³-hybridized carbons (Fsp3) is 0.0588. The van der Waals surface area contributed by atoms with Crippen LogP contribution in [0.1, 0.15) is 26.5 Å². The number of para-hydroxylation sites is 1. The highest BCUT2D eigenvalue weighted by atomic mass is 16.4. The number of aromatic nitrogens is 4. The molecule has 0 atom stereocenters. The first-order valence-electron chi connectivity index (χ1n) is 7.51. The minimum Gasteiger partial charge on any atom is -0.478 e. The second-order valence-corrected chi connectivity index (χ2v) is 5.57. The molecule has 1 amide bonds. The Bertz CT molecular complexity index is 1140. The second-order valence-electron chi connectivity index (χ2n) is 5.57. The molecule has 8 nitrogen and oxygen atoms in total. The Balaban J connectivity index is 1.68. The summed E-state index contributed by atoms with van der Waals surface area (Å²) < 4.78 is 1.82. The molecule has 0 unspecified atom stereocenters. The van der Waals surface area contributed by atoms with E-state index in [1.807, 2.05) is 29.5 Å². The lowest BCUT2D eigenvalue weighted by Gasteiger charge is -1.97. The van der Waals surface area contributed by atoms with Gasteiger partial charge in [-0.2, -0.15) is 0 Å². The number of aromatic amines is 1. The molecule has 3 aromatic heterocycles. The first kappa shape index (κ1) is 14.9. The van der Waals surface area contributed by atoms with Crippen LogP contribution in [0, 0.1) is 6.92 Å². The van der Waals surface area contributed by atoms with Crippen molar-refractivity contribution in [2.24, 2.45) is 0 Å². The van der Waals surface area contributed by atoms with Crippen molar-refractivity contribution in [3.63, 3.8) is 0 Å². The van der Waals surface area contributed by atoms with Gasteiger partial charge in [0.15, 0.2) is 0 Å². The molecule has 3 heterocycles. The predicted octanol–water partition coefficient (Wildman–Crippen LogP) is 2.47. The van der Waals surface area contributed by atoms with Crippen LogP contribution in [0.5, 0.6) is 0 Å². The second kappa shape index (κ2) is 5.45. The van der Waals surface area contributed by atoms with Gasteiger partial charge < -0.3 is 14.5 Å². The molecule has 4 aromatic rings. The Morgan fingerprint density at radius 1 is 1.16 bits per heavy atom. The van der Waals surface area contributed by atoms with Gasteiger partial charge in [-0.25, -0.2) is 14.8 Å². The van der Waals surface area contributed by atoms with Gasteiger partial charge in [-0.05, 0) is 31.2 Å². The molecular weight excluding hydrogens is 322 g/mol. The zero-order chi connectivity index (χ0) is 17.6. The molecule has 8 heteroatoms. The number of aryl methyl sites for hydroxylation is 1. The fourth-order valence-corrected chi connectivity index (χ4v) is 2.69. The van der Waals surface area contributed by atoms with Gasteiger partial charge in [-0.3, -0.25) is 10.1 Å². The number of fused-ring (bicyclic) bond motifs is 2. The maximum atomic E-state index is 12.4. The van der Waals surface area contributed by atoms with Crippen LogP contribution < -0.4 is 5.32 Å². The molecule has 124 valence electrons. The first-order chi connectivity index (χ1) is 12.0. The van der Waals surface area contributed by atoms with Crippen LogP contribution in [0.2, 0.25) is 0 Å². The van der Waals surface area contributed by atoms with Crippen molar-refractivity contribution in [2.75, 3.05) is 5.32 Å². The van der Waals surface area contributed by atoms with Gasteiger partial charge in [0, 0.05) is 11.9 Å². The van der Waals surface area contributed by atoms with E-state index in [4.69, 9.17) is 0 Å². The molecule has 0 aliphatic carbocycles. The Morgan fingerprint density at radius 3 is 2.72 bits per heavy atom. The topological polar surface area (TPSA) is 112 Å². The quantitative estimate of drug-likeness (QED) is 0.532. The standard InChI is InChI=1S/C17H13N5O3/c1-9-4-2-7-13-18-12(8-22(9)13)15(23)21-17-19-11-6-3-5-10(16(24)25)14(11)20-17/h2-8H,1H3,(H,24,25)(H2,19,20,21,23).